The lowest BCUT2D eigenvalue weighted by Crippen LogP contribution is -1.78. The van der Waals surface area contributed by atoms with Gasteiger partial charge < -0.3 is 0 Å². The van der Waals surface area contributed by atoms with E-state index in [9.17, 15) is 4.39 Å². The van der Waals surface area contributed by atoms with E-state index in [2.05, 4.69) is 27.0 Å². The van der Waals surface area contributed by atoms with Gasteiger partial charge in [0.2, 0.25) is 0 Å². The zero-order chi connectivity index (χ0) is 11.5. The Labute approximate surface area is 105 Å². The summed E-state index contributed by atoms with van der Waals surface area (Å²) in [5.74, 6) is -0.286. The van der Waals surface area contributed by atoms with Crippen LogP contribution >= 0.6 is 27.3 Å². The molecule has 1 heterocycles. The van der Waals surface area contributed by atoms with Crippen LogP contribution in [0, 0.1) is 17.1 Å². The minimum absolute atomic E-state index is 0.286. The number of nitriles is 1. The fourth-order valence-corrected chi connectivity index (χ4v) is 2.82. The van der Waals surface area contributed by atoms with Crippen molar-refractivity contribution in [2.45, 2.75) is 6.42 Å². The molecule has 1 aromatic carbocycles. The van der Waals surface area contributed by atoms with Gasteiger partial charge in [-0.25, -0.2) is 9.37 Å². The lowest BCUT2D eigenvalue weighted by atomic mass is 10.2. The first-order valence-electron chi connectivity index (χ1n) is 4.49. The molecule has 0 radical (unpaired) electrons. The molecule has 5 heteroatoms. The van der Waals surface area contributed by atoms with Gasteiger partial charge in [-0.1, -0.05) is 12.1 Å². The molecular weight excluding hydrogens is 291 g/mol. The number of thiazole rings is 1. The van der Waals surface area contributed by atoms with Crippen LogP contribution in [0.4, 0.5) is 4.39 Å². The predicted octanol–water partition coefficient (Wildman–Crippen LogP) is 3.78. The Morgan fingerprint density at radius 3 is 3.00 bits per heavy atom. The molecule has 80 valence electrons. The maximum Gasteiger partial charge on any atom is 0.125 e. The molecule has 0 saturated heterocycles. The second-order valence-corrected chi connectivity index (χ2v) is 4.91. The highest BCUT2D eigenvalue weighted by molar-refractivity contribution is 9.10. The molecule has 2 rings (SSSR count). The molecule has 0 N–H and O–H groups in total. The Kier molecular flexibility index (Phi) is 3.32. The minimum Gasteiger partial charge on any atom is -0.229 e. The van der Waals surface area contributed by atoms with Gasteiger partial charge in [-0.3, -0.25) is 0 Å². The minimum atomic E-state index is -0.286. The molecule has 0 unspecified atom stereocenters. The normalized spacial score (nSPS) is 10.1. The fourth-order valence-electron chi connectivity index (χ4n) is 1.26. The molecule has 0 aliphatic heterocycles. The third-order valence-electron chi connectivity index (χ3n) is 1.96. The third kappa shape index (κ3) is 2.29. The van der Waals surface area contributed by atoms with Crippen LogP contribution in [0.15, 0.2) is 28.9 Å². The number of hydrogen-bond acceptors (Lipinski definition) is 3. The summed E-state index contributed by atoms with van der Waals surface area (Å²) in [7, 11) is 0. The van der Waals surface area contributed by atoms with Crippen molar-refractivity contribution in [1.82, 2.24) is 4.98 Å². The summed E-state index contributed by atoms with van der Waals surface area (Å²) >= 11 is 4.69. The Morgan fingerprint density at radius 2 is 2.31 bits per heavy atom. The zero-order valence-electron chi connectivity index (χ0n) is 8.08. The average Bonchev–Trinajstić information content (AvgIpc) is 2.61. The molecule has 2 aromatic rings. The summed E-state index contributed by atoms with van der Waals surface area (Å²) in [4.78, 5) is 5.12. The van der Waals surface area contributed by atoms with Crippen molar-refractivity contribution in [3.05, 3.63) is 39.6 Å². The van der Waals surface area contributed by atoms with Crippen molar-refractivity contribution >= 4 is 27.3 Å². The van der Waals surface area contributed by atoms with Gasteiger partial charge in [-0.2, -0.15) is 5.26 Å². The van der Waals surface area contributed by atoms with Crippen molar-refractivity contribution in [2.24, 2.45) is 0 Å². The Hall–Kier alpha value is -1.25. The first-order chi connectivity index (χ1) is 7.70. The van der Waals surface area contributed by atoms with E-state index in [-0.39, 0.29) is 5.82 Å². The van der Waals surface area contributed by atoms with Crippen LogP contribution in [-0.4, -0.2) is 4.98 Å². The van der Waals surface area contributed by atoms with E-state index in [0.29, 0.717) is 11.0 Å². The summed E-state index contributed by atoms with van der Waals surface area (Å²) in [6.07, 6.45) is 0.313. The number of halogens is 2. The van der Waals surface area contributed by atoms with Gasteiger partial charge in [-0.05, 0) is 28.1 Å². The van der Waals surface area contributed by atoms with Gasteiger partial charge in [-0.15, -0.1) is 11.3 Å². The van der Waals surface area contributed by atoms with E-state index in [1.807, 2.05) is 0 Å². The van der Waals surface area contributed by atoms with Crippen LogP contribution in [-0.2, 0) is 6.42 Å². The van der Waals surface area contributed by atoms with Gasteiger partial charge in [0.05, 0.1) is 17.4 Å². The fraction of sp³-hybridized carbons (Fsp3) is 0.0909. The van der Waals surface area contributed by atoms with E-state index >= 15 is 0 Å². The van der Waals surface area contributed by atoms with Gasteiger partial charge >= 0.3 is 0 Å². The molecule has 0 fully saturated rings. The molecule has 2 nitrogen and oxygen atoms in total. The summed E-state index contributed by atoms with van der Waals surface area (Å²) in [5, 5.41) is 9.34. The van der Waals surface area contributed by atoms with Gasteiger partial charge in [0, 0.05) is 5.56 Å². The van der Waals surface area contributed by atoms with Crippen LogP contribution in [0.3, 0.4) is 0 Å². The Morgan fingerprint density at radius 1 is 1.50 bits per heavy atom. The second kappa shape index (κ2) is 4.73. The lowest BCUT2D eigenvalue weighted by molar-refractivity contribution is 0.628. The number of hydrogen-bond donors (Lipinski definition) is 0. The summed E-state index contributed by atoms with van der Waals surface area (Å²) in [6.45, 7) is 0. The van der Waals surface area contributed by atoms with Crippen LogP contribution in [0.2, 0.25) is 0 Å². The van der Waals surface area contributed by atoms with E-state index in [0.717, 1.165) is 15.4 Å². The largest absolute Gasteiger partial charge is 0.229 e. The van der Waals surface area contributed by atoms with Gasteiger partial charge in [0.25, 0.3) is 0 Å². The molecule has 0 aliphatic rings. The first-order valence-corrected chi connectivity index (χ1v) is 6.10. The molecule has 0 saturated carbocycles. The number of benzene rings is 1. The van der Waals surface area contributed by atoms with E-state index in [4.69, 9.17) is 5.26 Å². The van der Waals surface area contributed by atoms with Crippen molar-refractivity contribution in [2.75, 3.05) is 0 Å². The van der Waals surface area contributed by atoms with Crippen molar-refractivity contribution in [1.29, 1.82) is 5.26 Å². The number of nitrogens with zero attached hydrogens (tertiary/aromatic N) is 2. The molecular formula is C11H6BrFN2S. The van der Waals surface area contributed by atoms with E-state index < -0.39 is 0 Å². The maximum atomic E-state index is 13.0. The lowest BCUT2D eigenvalue weighted by Gasteiger charge is -1.94. The van der Waals surface area contributed by atoms with Gasteiger partial charge in [0.15, 0.2) is 0 Å². The highest BCUT2D eigenvalue weighted by Crippen LogP contribution is 2.31. The Bertz CT molecular complexity index is 559. The molecule has 0 aliphatic carbocycles. The van der Waals surface area contributed by atoms with Crippen LogP contribution in [0.1, 0.15) is 4.88 Å². The smallest absolute Gasteiger partial charge is 0.125 e. The second-order valence-electron chi connectivity index (χ2n) is 3.08. The molecule has 1 aromatic heterocycles. The maximum absolute atomic E-state index is 13.0. The first kappa shape index (κ1) is 11.2. The van der Waals surface area contributed by atoms with Gasteiger partial charge in [0.1, 0.15) is 15.4 Å². The highest BCUT2D eigenvalue weighted by atomic mass is 79.9. The topological polar surface area (TPSA) is 36.7 Å². The predicted molar refractivity (Wildman–Crippen MR) is 64.5 cm³/mol. The van der Waals surface area contributed by atoms with Crippen LogP contribution < -0.4 is 0 Å². The summed E-state index contributed by atoms with van der Waals surface area (Å²) < 4.78 is 13.7. The van der Waals surface area contributed by atoms with E-state index in [1.54, 1.807) is 12.1 Å². The zero-order valence-corrected chi connectivity index (χ0v) is 10.5. The molecule has 0 bridgehead atoms. The van der Waals surface area contributed by atoms with Crippen molar-refractivity contribution in [3.63, 3.8) is 0 Å². The van der Waals surface area contributed by atoms with Crippen molar-refractivity contribution < 1.29 is 4.39 Å². The summed E-state index contributed by atoms with van der Waals surface area (Å²) in [5.41, 5.74) is 0.731. The molecule has 16 heavy (non-hydrogen) atoms. The Balaban J connectivity index is 2.42. The van der Waals surface area contributed by atoms with E-state index in [1.165, 1.54) is 23.5 Å². The molecule has 0 spiro atoms. The summed E-state index contributed by atoms with van der Waals surface area (Å²) in [6, 6.07) is 8.33. The van der Waals surface area contributed by atoms with Crippen molar-refractivity contribution in [3.8, 4) is 16.6 Å². The van der Waals surface area contributed by atoms with Crippen LogP contribution in [0.5, 0.6) is 0 Å². The average molecular weight is 297 g/mol. The monoisotopic (exact) mass is 296 g/mol. The standard InChI is InChI=1S/C11H6BrFN2S/c12-10-9(4-5-14)16-11(15-10)7-2-1-3-8(13)6-7/h1-3,6H,4H2. The SMILES string of the molecule is N#CCc1sc(-c2cccc(F)c2)nc1Br. The molecule has 0 atom stereocenters. The highest BCUT2D eigenvalue weighted by Gasteiger charge is 2.10. The number of rotatable bonds is 2. The number of aromatic nitrogens is 1. The third-order valence-corrected chi connectivity index (χ3v) is 3.98. The quantitative estimate of drug-likeness (QED) is 0.846. The van der Waals surface area contributed by atoms with Crippen LogP contribution in [0.25, 0.3) is 10.6 Å². The molecule has 0 amide bonds.